The summed E-state index contributed by atoms with van der Waals surface area (Å²) in [6.45, 7) is 3.50. The molecule has 1 saturated carbocycles. The van der Waals surface area contributed by atoms with E-state index in [1.807, 2.05) is 6.92 Å². The minimum atomic E-state index is -4.47. The average Bonchev–Trinajstić information content (AvgIpc) is 2.59. The van der Waals surface area contributed by atoms with Crippen molar-refractivity contribution in [3.63, 3.8) is 0 Å². The summed E-state index contributed by atoms with van der Waals surface area (Å²) in [4.78, 5) is 11.7. The van der Waals surface area contributed by atoms with E-state index >= 15 is 0 Å². The van der Waals surface area contributed by atoms with Crippen LogP contribution in [0.1, 0.15) is 44.7 Å². The fourth-order valence-electron chi connectivity index (χ4n) is 2.70. The molecule has 140 valence electrons. The van der Waals surface area contributed by atoms with Crippen LogP contribution in [0.3, 0.4) is 0 Å². The third-order valence-electron chi connectivity index (χ3n) is 3.90. The lowest BCUT2D eigenvalue weighted by atomic mass is 9.96. The van der Waals surface area contributed by atoms with Crippen molar-refractivity contribution >= 4 is 11.9 Å². The Labute approximate surface area is 145 Å². The number of aliphatic imine (C=N–C) groups is 1. The molecule has 9 heteroatoms. The molecule has 0 unspecified atom stereocenters. The van der Waals surface area contributed by atoms with Gasteiger partial charge in [-0.15, -0.1) is 0 Å². The number of nitrogens with zero attached hydrogens (tertiary/aromatic N) is 3. The van der Waals surface area contributed by atoms with Crippen LogP contribution in [0, 0.1) is 0 Å². The molecular formula is C16H25F3N6. The van der Waals surface area contributed by atoms with Crippen molar-refractivity contribution in [1.82, 2.24) is 20.6 Å². The molecule has 0 spiro atoms. The van der Waals surface area contributed by atoms with Gasteiger partial charge in [0.05, 0.1) is 6.54 Å². The van der Waals surface area contributed by atoms with Gasteiger partial charge in [0.1, 0.15) is 5.69 Å². The number of guanidine groups is 1. The first-order chi connectivity index (χ1) is 12.0. The van der Waals surface area contributed by atoms with Crippen molar-refractivity contribution in [3.05, 3.63) is 18.0 Å². The highest BCUT2D eigenvalue weighted by Crippen LogP contribution is 2.27. The zero-order valence-electron chi connectivity index (χ0n) is 14.4. The largest absolute Gasteiger partial charge is 0.433 e. The summed E-state index contributed by atoms with van der Waals surface area (Å²) in [6.07, 6.45) is 2.64. The number of anilines is 1. The van der Waals surface area contributed by atoms with Crippen LogP contribution in [0.4, 0.5) is 19.1 Å². The molecule has 0 saturated heterocycles. The van der Waals surface area contributed by atoms with Gasteiger partial charge in [0, 0.05) is 25.3 Å². The highest BCUT2D eigenvalue weighted by Gasteiger charge is 2.32. The molecule has 6 nitrogen and oxygen atoms in total. The van der Waals surface area contributed by atoms with Crippen molar-refractivity contribution < 1.29 is 13.2 Å². The maximum absolute atomic E-state index is 12.6. The third kappa shape index (κ3) is 6.75. The zero-order valence-corrected chi connectivity index (χ0v) is 14.4. The van der Waals surface area contributed by atoms with Gasteiger partial charge in [-0.25, -0.2) is 9.97 Å². The quantitative estimate of drug-likeness (QED) is 0.414. The number of aromatic nitrogens is 2. The summed E-state index contributed by atoms with van der Waals surface area (Å²) < 4.78 is 37.8. The second-order valence-electron chi connectivity index (χ2n) is 5.93. The van der Waals surface area contributed by atoms with Crippen LogP contribution >= 0.6 is 0 Å². The Bertz CT molecular complexity index is 555. The second-order valence-corrected chi connectivity index (χ2v) is 5.93. The molecule has 0 radical (unpaired) electrons. The molecule has 1 aliphatic rings. The lowest BCUT2D eigenvalue weighted by Crippen LogP contribution is -2.44. The van der Waals surface area contributed by atoms with Crippen molar-refractivity contribution in [2.45, 2.75) is 51.2 Å². The summed E-state index contributed by atoms with van der Waals surface area (Å²) in [5, 5.41) is 9.38. The van der Waals surface area contributed by atoms with Crippen LogP contribution < -0.4 is 16.0 Å². The molecule has 0 aliphatic heterocycles. The molecule has 1 fully saturated rings. The number of rotatable bonds is 6. The van der Waals surface area contributed by atoms with Crippen LogP contribution in [-0.2, 0) is 6.18 Å². The van der Waals surface area contributed by atoms with E-state index in [2.05, 4.69) is 30.9 Å². The molecule has 1 aromatic heterocycles. The Morgan fingerprint density at radius 3 is 2.72 bits per heavy atom. The van der Waals surface area contributed by atoms with E-state index < -0.39 is 11.9 Å². The summed E-state index contributed by atoms with van der Waals surface area (Å²) >= 11 is 0. The van der Waals surface area contributed by atoms with Crippen LogP contribution in [0.15, 0.2) is 17.3 Å². The van der Waals surface area contributed by atoms with E-state index in [4.69, 9.17) is 0 Å². The summed E-state index contributed by atoms with van der Waals surface area (Å²) in [5.41, 5.74) is -0.958. The Morgan fingerprint density at radius 2 is 2.04 bits per heavy atom. The number of hydrogen-bond donors (Lipinski definition) is 3. The first-order valence-corrected chi connectivity index (χ1v) is 8.68. The van der Waals surface area contributed by atoms with Crippen LogP contribution in [0.25, 0.3) is 0 Å². The fraction of sp³-hybridized carbons (Fsp3) is 0.688. The van der Waals surface area contributed by atoms with E-state index in [1.165, 1.54) is 19.3 Å². The van der Waals surface area contributed by atoms with Gasteiger partial charge < -0.3 is 16.0 Å². The second kappa shape index (κ2) is 9.43. The van der Waals surface area contributed by atoms with E-state index in [1.54, 1.807) is 0 Å². The van der Waals surface area contributed by atoms with Gasteiger partial charge in [0.15, 0.2) is 5.96 Å². The summed E-state index contributed by atoms with van der Waals surface area (Å²) in [6, 6.07) is 1.28. The number of nitrogens with one attached hydrogen (secondary N) is 3. The zero-order chi connectivity index (χ0) is 18.1. The van der Waals surface area contributed by atoms with Crippen LogP contribution in [0.2, 0.25) is 0 Å². The Kier molecular flexibility index (Phi) is 7.27. The molecule has 0 amide bonds. The third-order valence-corrected chi connectivity index (χ3v) is 3.90. The normalized spacial score (nSPS) is 16.6. The highest BCUT2D eigenvalue weighted by molar-refractivity contribution is 5.80. The monoisotopic (exact) mass is 358 g/mol. The first kappa shape index (κ1) is 19.3. The highest BCUT2D eigenvalue weighted by atomic mass is 19.4. The molecule has 25 heavy (non-hydrogen) atoms. The molecule has 1 aromatic rings. The maximum atomic E-state index is 12.6. The van der Waals surface area contributed by atoms with Crippen molar-refractivity contribution in [2.75, 3.05) is 25.0 Å². The maximum Gasteiger partial charge on any atom is 0.433 e. The average molecular weight is 358 g/mol. The van der Waals surface area contributed by atoms with Gasteiger partial charge in [-0.3, -0.25) is 4.99 Å². The molecule has 0 aromatic carbocycles. The topological polar surface area (TPSA) is 74.2 Å². The van der Waals surface area contributed by atoms with Crippen molar-refractivity contribution in [1.29, 1.82) is 0 Å². The Morgan fingerprint density at radius 1 is 1.28 bits per heavy atom. The minimum Gasteiger partial charge on any atom is -0.357 e. The smallest absolute Gasteiger partial charge is 0.357 e. The molecule has 3 N–H and O–H groups in total. The Hall–Kier alpha value is -2.06. The first-order valence-electron chi connectivity index (χ1n) is 8.68. The summed E-state index contributed by atoms with van der Waals surface area (Å²) in [7, 11) is 0. The van der Waals surface area contributed by atoms with Crippen LogP contribution in [-0.4, -0.2) is 41.6 Å². The Balaban J connectivity index is 1.83. The fourth-order valence-corrected chi connectivity index (χ4v) is 2.70. The van der Waals surface area contributed by atoms with Crippen LogP contribution in [0.5, 0.6) is 0 Å². The number of halogens is 3. The van der Waals surface area contributed by atoms with Gasteiger partial charge in [-0.05, 0) is 25.8 Å². The van der Waals surface area contributed by atoms with Gasteiger partial charge in [-0.2, -0.15) is 13.2 Å². The molecular weight excluding hydrogens is 333 g/mol. The lowest BCUT2D eigenvalue weighted by Gasteiger charge is -2.24. The predicted octanol–water partition coefficient (Wildman–Crippen LogP) is 2.80. The molecule has 0 bridgehead atoms. The van der Waals surface area contributed by atoms with Gasteiger partial charge in [0.25, 0.3) is 0 Å². The van der Waals surface area contributed by atoms with Crippen molar-refractivity contribution in [2.24, 2.45) is 4.99 Å². The van der Waals surface area contributed by atoms with E-state index in [-0.39, 0.29) is 5.95 Å². The lowest BCUT2D eigenvalue weighted by molar-refractivity contribution is -0.141. The number of alkyl halides is 3. The molecule has 2 rings (SSSR count). The van der Waals surface area contributed by atoms with Crippen molar-refractivity contribution in [3.8, 4) is 0 Å². The standard InChI is InChI=1S/C16H25F3N6/c1-2-20-14(24-12-6-4-3-5-7-12)22-10-11-23-15-21-9-8-13(25-15)16(17,18)19/h8-9,12H,2-7,10-11H2,1H3,(H2,20,22,24)(H,21,23,25). The summed E-state index contributed by atoms with van der Waals surface area (Å²) in [5.74, 6) is 0.691. The number of hydrogen-bond acceptors (Lipinski definition) is 4. The van der Waals surface area contributed by atoms with E-state index in [0.717, 1.165) is 37.6 Å². The van der Waals surface area contributed by atoms with Gasteiger partial charge >= 0.3 is 6.18 Å². The molecule has 0 atom stereocenters. The molecule has 1 heterocycles. The van der Waals surface area contributed by atoms with Gasteiger partial charge in [-0.1, -0.05) is 19.3 Å². The van der Waals surface area contributed by atoms with E-state index in [0.29, 0.717) is 19.1 Å². The molecule has 1 aliphatic carbocycles. The minimum absolute atomic E-state index is 0.0461. The predicted molar refractivity (Wildman–Crippen MR) is 91.5 cm³/mol. The SMILES string of the molecule is CCNC(=NCCNc1nccc(C(F)(F)F)n1)NC1CCCCC1. The van der Waals surface area contributed by atoms with E-state index in [9.17, 15) is 13.2 Å². The van der Waals surface area contributed by atoms with Gasteiger partial charge in [0.2, 0.25) is 5.95 Å².